The molecule has 1 aromatic carbocycles. The normalized spacial score (nSPS) is 10.7. The van der Waals surface area contributed by atoms with Gasteiger partial charge < -0.3 is 4.74 Å². The molecule has 1 heterocycles. The molecule has 2 aromatic rings. The van der Waals surface area contributed by atoms with Crippen LogP contribution in [0.15, 0.2) is 24.3 Å². The van der Waals surface area contributed by atoms with Gasteiger partial charge >= 0.3 is 0 Å². The van der Waals surface area contributed by atoms with E-state index < -0.39 is 0 Å². The molecule has 0 unspecified atom stereocenters. The summed E-state index contributed by atoms with van der Waals surface area (Å²) in [6.07, 6.45) is 7.85. The molecule has 2 rings (SSSR count). The van der Waals surface area contributed by atoms with Gasteiger partial charge in [-0.05, 0) is 37.1 Å². The summed E-state index contributed by atoms with van der Waals surface area (Å²) >= 11 is 0. The minimum Gasteiger partial charge on any atom is -0.494 e. The van der Waals surface area contributed by atoms with Gasteiger partial charge in [0.05, 0.1) is 6.61 Å². The Morgan fingerprint density at radius 3 is 2.13 bits per heavy atom. The van der Waals surface area contributed by atoms with Crippen LogP contribution < -0.4 is 4.74 Å². The third kappa shape index (κ3) is 5.93. The van der Waals surface area contributed by atoms with Gasteiger partial charge in [-0.2, -0.15) is 0 Å². The molecule has 0 aliphatic carbocycles. The molecule has 0 bridgehead atoms. The third-order valence-electron chi connectivity index (χ3n) is 3.65. The predicted octanol–water partition coefficient (Wildman–Crippen LogP) is 4.24. The first-order chi connectivity index (χ1) is 11.3. The summed E-state index contributed by atoms with van der Waals surface area (Å²) in [5.41, 5.74) is 0.908. The van der Waals surface area contributed by atoms with E-state index in [1.54, 1.807) is 0 Å². The largest absolute Gasteiger partial charge is 0.494 e. The Morgan fingerprint density at radius 2 is 1.48 bits per heavy atom. The fourth-order valence-electron chi connectivity index (χ4n) is 2.21. The summed E-state index contributed by atoms with van der Waals surface area (Å²) in [5, 5.41) is 16.7. The van der Waals surface area contributed by atoms with Crippen molar-refractivity contribution in [1.82, 2.24) is 20.4 Å². The lowest BCUT2D eigenvalue weighted by molar-refractivity contribution is 0.309. The van der Waals surface area contributed by atoms with Crippen molar-refractivity contribution < 1.29 is 4.74 Å². The Labute approximate surface area is 138 Å². The minimum absolute atomic E-state index is 0.558. The summed E-state index contributed by atoms with van der Waals surface area (Å²) in [4.78, 5) is 0. The first-order valence-corrected chi connectivity index (χ1v) is 8.63. The molecule has 124 valence electrons. The van der Waals surface area contributed by atoms with Gasteiger partial charge in [-0.25, -0.2) is 0 Å². The molecule has 0 amide bonds. The first kappa shape index (κ1) is 17.3. The number of ether oxygens (including phenoxy) is 1. The average molecular weight is 314 g/mol. The Morgan fingerprint density at radius 1 is 0.783 bits per heavy atom. The van der Waals surface area contributed by atoms with E-state index in [9.17, 15) is 0 Å². The molecule has 0 N–H and O–H groups in total. The smallest absolute Gasteiger partial charge is 0.203 e. The van der Waals surface area contributed by atoms with Crippen LogP contribution in [0.4, 0.5) is 0 Å². The van der Waals surface area contributed by atoms with Gasteiger partial charge in [0.25, 0.3) is 0 Å². The lowest BCUT2D eigenvalue weighted by atomic mass is 10.1. The minimum atomic E-state index is 0.558. The van der Waals surface area contributed by atoms with Crippen LogP contribution >= 0.6 is 0 Å². The second-order valence-corrected chi connectivity index (χ2v) is 5.68. The van der Waals surface area contributed by atoms with E-state index in [1.807, 2.05) is 24.3 Å². The average Bonchev–Trinajstić information content (AvgIpc) is 2.60. The molecule has 23 heavy (non-hydrogen) atoms. The highest BCUT2D eigenvalue weighted by Crippen LogP contribution is 2.18. The molecular formula is C18H26N4O. The fraction of sp³-hybridized carbons (Fsp3) is 0.556. The number of unbranched alkanes of at least 4 members (excludes halogenated alkanes) is 4. The van der Waals surface area contributed by atoms with Crippen molar-refractivity contribution in [1.29, 1.82) is 0 Å². The maximum Gasteiger partial charge on any atom is 0.203 e. The van der Waals surface area contributed by atoms with E-state index >= 15 is 0 Å². The number of aromatic nitrogens is 4. The molecule has 1 aromatic heterocycles. The van der Waals surface area contributed by atoms with Gasteiger partial charge in [-0.3, -0.25) is 0 Å². The predicted molar refractivity (Wildman–Crippen MR) is 91.3 cm³/mol. The molecular weight excluding hydrogens is 288 g/mol. The SMILES string of the molecule is CCCCCCc1nnc(-c2ccc(OCCCC)cc2)nn1. The number of hydrogen-bond acceptors (Lipinski definition) is 5. The van der Waals surface area contributed by atoms with Crippen molar-refractivity contribution in [3.8, 4) is 17.1 Å². The van der Waals surface area contributed by atoms with Crippen molar-refractivity contribution in [2.24, 2.45) is 0 Å². The van der Waals surface area contributed by atoms with Crippen LogP contribution in [0.25, 0.3) is 11.4 Å². The molecule has 0 atom stereocenters. The maximum atomic E-state index is 5.65. The van der Waals surface area contributed by atoms with Crippen LogP contribution in [-0.4, -0.2) is 27.0 Å². The van der Waals surface area contributed by atoms with Crippen molar-refractivity contribution in [3.05, 3.63) is 30.1 Å². The standard InChI is InChI=1S/C18H26N4O/c1-3-5-7-8-9-17-19-21-18(22-20-17)15-10-12-16(13-11-15)23-14-6-4-2/h10-13H,3-9,14H2,1-2H3. The number of benzene rings is 1. The number of hydrogen-bond donors (Lipinski definition) is 0. The molecule has 5 heteroatoms. The van der Waals surface area contributed by atoms with Gasteiger partial charge in [-0.15, -0.1) is 20.4 Å². The summed E-state index contributed by atoms with van der Waals surface area (Å²) in [7, 11) is 0. The van der Waals surface area contributed by atoms with Crippen molar-refractivity contribution >= 4 is 0 Å². The quantitative estimate of drug-likeness (QED) is 0.614. The fourth-order valence-corrected chi connectivity index (χ4v) is 2.21. The molecule has 0 radical (unpaired) electrons. The van der Waals surface area contributed by atoms with Gasteiger partial charge in [0.15, 0.2) is 5.82 Å². The zero-order valence-electron chi connectivity index (χ0n) is 14.2. The lowest BCUT2D eigenvalue weighted by Gasteiger charge is -2.05. The van der Waals surface area contributed by atoms with Crippen molar-refractivity contribution in [2.45, 2.75) is 58.8 Å². The third-order valence-corrected chi connectivity index (χ3v) is 3.65. The highest BCUT2D eigenvalue weighted by Gasteiger charge is 2.05. The number of aryl methyl sites for hydroxylation is 1. The Hall–Kier alpha value is -2.04. The van der Waals surface area contributed by atoms with Crippen molar-refractivity contribution in [3.63, 3.8) is 0 Å². The first-order valence-electron chi connectivity index (χ1n) is 8.63. The van der Waals surface area contributed by atoms with Crippen LogP contribution in [0, 0.1) is 0 Å². The van der Waals surface area contributed by atoms with Crippen LogP contribution in [0.3, 0.4) is 0 Å². The Kier molecular flexibility index (Phi) is 7.43. The van der Waals surface area contributed by atoms with E-state index in [-0.39, 0.29) is 0 Å². The second-order valence-electron chi connectivity index (χ2n) is 5.68. The summed E-state index contributed by atoms with van der Waals surface area (Å²) in [6.45, 7) is 5.11. The van der Waals surface area contributed by atoms with E-state index in [2.05, 4.69) is 34.2 Å². The molecule has 0 saturated carbocycles. The summed E-state index contributed by atoms with van der Waals surface area (Å²) in [5.74, 6) is 2.16. The van der Waals surface area contributed by atoms with Gasteiger partial charge in [-0.1, -0.05) is 39.5 Å². The second kappa shape index (κ2) is 9.87. The topological polar surface area (TPSA) is 60.8 Å². The van der Waals surface area contributed by atoms with E-state index in [4.69, 9.17) is 4.74 Å². The highest BCUT2D eigenvalue weighted by molar-refractivity contribution is 5.54. The van der Waals surface area contributed by atoms with Crippen LogP contribution in [0.2, 0.25) is 0 Å². The van der Waals surface area contributed by atoms with Gasteiger partial charge in [0, 0.05) is 12.0 Å². The lowest BCUT2D eigenvalue weighted by Crippen LogP contribution is -2.03. The Bertz CT molecular complexity index is 554. The van der Waals surface area contributed by atoms with Crippen LogP contribution in [0.5, 0.6) is 5.75 Å². The molecule has 0 aliphatic rings. The van der Waals surface area contributed by atoms with E-state index in [0.29, 0.717) is 5.82 Å². The zero-order chi connectivity index (χ0) is 16.3. The van der Waals surface area contributed by atoms with Crippen LogP contribution in [-0.2, 0) is 6.42 Å². The van der Waals surface area contributed by atoms with Crippen molar-refractivity contribution in [2.75, 3.05) is 6.61 Å². The monoisotopic (exact) mass is 314 g/mol. The maximum absolute atomic E-state index is 5.65. The van der Waals surface area contributed by atoms with E-state index in [1.165, 1.54) is 19.3 Å². The summed E-state index contributed by atoms with van der Waals surface area (Å²) in [6, 6.07) is 7.77. The number of nitrogens with zero attached hydrogens (tertiary/aromatic N) is 4. The molecule has 0 spiro atoms. The molecule has 5 nitrogen and oxygen atoms in total. The van der Waals surface area contributed by atoms with E-state index in [0.717, 1.165) is 49.4 Å². The van der Waals surface area contributed by atoms with Gasteiger partial charge in [0.1, 0.15) is 5.75 Å². The zero-order valence-corrected chi connectivity index (χ0v) is 14.2. The Balaban J connectivity index is 1.88. The molecule has 0 saturated heterocycles. The highest BCUT2D eigenvalue weighted by atomic mass is 16.5. The van der Waals surface area contributed by atoms with Gasteiger partial charge in [0.2, 0.25) is 5.82 Å². The molecule has 0 fully saturated rings. The van der Waals surface area contributed by atoms with Crippen LogP contribution in [0.1, 0.15) is 58.2 Å². The molecule has 0 aliphatic heterocycles. The summed E-state index contributed by atoms with van der Waals surface area (Å²) < 4.78 is 5.65. The number of rotatable bonds is 10.